The van der Waals surface area contributed by atoms with Crippen LogP contribution < -0.4 is 8.92 Å². The van der Waals surface area contributed by atoms with Crippen molar-refractivity contribution in [1.29, 1.82) is 0 Å². The summed E-state index contributed by atoms with van der Waals surface area (Å²) < 4.78 is 88.6. The molecule has 0 unspecified atom stereocenters. The van der Waals surface area contributed by atoms with E-state index in [-0.39, 0.29) is 41.0 Å². The van der Waals surface area contributed by atoms with Gasteiger partial charge in [-0.05, 0) is 66.1 Å². The Labute approximate surface area is 212 Å². The lowest BCUT2D eigenvalue weighted by Gasteiger charge is -2.25. The molecule has 0 heterocycles. The quantitative estimate of drug-likeness (QED) is 0.249. The van der Waals surface area contributed by atoms with Crippen LogP contribution in [0.3, 0.4) is 0 Å². The van der Waals surface area contributed by atoms with Crippen molar-refractivity contribution in [3.05, 3.63) is 89.2 Å². The second-order valence-corrected chi connectivity index (χ2v) is 10.2. The minimum absolute atomic E-state index is 0.0115. The van der Waals surface area contributed by atoms with Gasteiger partial charge in [0.05, 0.1) is 12.7 Å². The molecule has 0 saturated heterocycles. The smallest absolute Gasteiger partial charge is 0.416 e. The van der Waals surface area contributed by atoms with Crippen molar-refractivity contribution in [2.24, 2.45) is 5.92 Å². The van der Waals surface area contributed by atoms with Gasteiger partial charge in [0.15, 0.2) is 11.5 Å². The van der Waals surface area contributed by atoms with Crippen LogP contribution in [0.25, 0.3) is 0 Å². The van der Waals surface area contributed by atoms with E-state index in [0.717, 1.165) is 36.4 Å². The van der Waals surface area contributed by atoms with Gasteiger partial charge in [0.2, 0.25) is 0 Å². The van der Waals surface area contributed by atoms with Crippen LogP contribution in [0, 0.1) is 11.7 Å². The largest absolute Gasteiger partial charge is 0.493 e. The number of nitrogens with zero attached hydrogens (tertiary/aromatic N) is 1. The van der Waals surface area contributed by atoms with E-state index >= 15 is 0 Å². The van der Waals surface area contributed by atoms with Crippen LogP contribution in [0.2, 0.25) is 0 Å². The molecule has 0 saturated carbocycles. The Kier molecular flexibility index (Phi) is 8.47. The van der Waals surface area contributed by atoms with Gasteiger partial charge >= 0.3 is 16.3 Å². The Balaban J connectivity index is 1.92. The average Bonchev–Trinajstić information content (AvgIpc) is 2.82. The Hall–Kier alpha value is -3.60. The summed E-state index contributed by atoms with van der Waals surface area (Å²) in [6.07, 6.45) is -4.60. The lowest BCUT2D eigenvalue weighted by Crippen LogP contribution is -2.34. The molecule has 3 aromatic carbocycles. The van der Waals surface area contributed by atoms with E-state index in [1.807, 2.05) is 13.8 Å². The molecule has 0 aromatic heterocycles. The molecule has 11 heteroatoms. The van der Waals surface area contributed by atoms with Crippen molar-refractivity contribution < 1.29 is 39.7 Å². The molecule has 3 rings (SSSR count). The summed E-state index contributed by atoms with van der Waals surface area (Å²) in [7, 11) is -3.02. The first-order valence-electron chi connectivity index (χ1n) is 11.1. The maximum absolute atomic E-state index is 13.2. The monoisotopic (exact) mass is 539 g/mol. The summed E-state index contributed by atoms with van der Waals surface area (Å²) in [5, 5.41) is 0. The maximum Gasteiger partial charge on any atom is 0.416 e. The third kappa shape index (κ3) is 7.22. The molecule has 0 aliphatic carbocycles. The first-order valence-corrected chi connectivity index (χ1v) is 12.5. The summed E-state index contributed by atoms with van der Waals surface area (Å²) in [6, 6.07) is 12.6. The Morgan fingerprint density at radius 3 is 2.24 bits per heavy atom. The fourth-order valence-electron chi connectivity index (χ4n) is 3.54. The number of carbonyl (C=O) groups is 1. The highest BCUT2D eigenvalue weighted by atomic mass is 32.2. The number of alkyl halides is 3. The second-order valence-electron chi connectivity index (χ2n) is 8.63. The summed E-state index contributed by atoms with van der Waals surface area (Å²) in [4.78, 5) is 14.3. The molecule has 0 N–H and O–H groups in total. The lowest BCUT2D eigenvalue weighted by molar-refractivity contribution is -0.137. The summed E-state index contributed by atoms with van der Waals surface area (Å²) in [6.45, 7) is 3.89. The standard InChI is InChI=1S/C26H25F4NO5S/c1-17(2)15-31(25(32)19-5-4-6-20(14-19)26(28,29)30)16-18-7-12-23(35-3)24(13-18)36-37(33,34)22-10-8-21(27)9-11-22/h4-14,17H,15-16H2,1-3H3. The molecule has 1 amide bonds. The predicted octanol–water partition coefficient (Wildman–Crippen LogP) is 5.92. The molecule has 0 fully saturated rings. The number of amides is 1. The summed E-state index contributed by atoms with van der Waals surface area (Å²) in [5.74, 6) is -1.32. The van der Waals surface area contributed by atoms with Crippen LogP contribution in [0.5, 0.6) is 11.5 Å². The van der Waals surface area contributed by atoms with E-state index in [1.165, 1.54) is 36.3 Å². The third-order valence-corrected chi connectivity index (χ3v) is 6.46. The summed E-state index contributed by atoms with van der Waals surface area (Å²) in [5.41, 5.74) is -0.612. The van der Waals surface area contributed by atoms with Crippen LogP contribution in [0.1, 0.15) is 35.3 Å². The zero-order valence-electron chi connectivity index (χ0n) is 20.3. The zero-order chi connectivity index (χ0) is 27.4. The molecule has 0 bridgehead atoms. The topological polar surface area (TPSA) is 72.9 Å². The zero-order valence-corrected chi connectivity index (χ0v) is 21.1. The van der Waals surface area contributed by atoms with Gasteiger partial charge in [-0.1, -0.05) is 26.0 Å². The first kappa shape index (κ1) is 28.0. The Bertz CT molecular complexity index is 1360. The lowest BCUT2D eigenvalue weighted by atomic mass is 10.1. The van der Waals surface area contributed by atoms with Crippen molar-refractivity contribution in [3.63, 3.8) is 0 Å². The van der Waals surface area contributed by atoms with E-state index in [0.29, 0.717) is 5.56 Å². The van der Waals surface area contributed by atoms with Crippen LogP contribution in [0.15, 0.2) is 71.6 Å². The van der Waals surface area contributed by atoms with Crippen molar-refractivity contribution in [2.45, 2.75) is 31.5 Å². The van der Waals surface area contributed by atoms with Crippen molar-refractivity contribution in [2.75, 3.05) is 13.7 Å². The highest BCUT2D eigenvalue weighted by Crippen LogP contribution is 2.32. The van der Waals surface area contributed by atoms with Gasteiger partial charge in [-0.3, -0.25) is 4.79 Å². The highest BCUT2D eigenvalue weighted by molar-refractivity contribution is 7.87. The van der Waals surface area contributed by atoms with Crippen molar-refractivity contribution >= 4 is 16.0 Å². The molecule has 37 heavy (non-hydrogen) atoms. The molecule has 3 aromatic rings. The minimum Gasteiger partial charge on any atom is -0.493 e. The molecular weight excluding hydrogens is 514 g/mol. The minimum atomic E-state index is -4.60. The fraction of sp³-hybridized carbons (Fsp3) is 0.269. The predicted molar refractivity (Wildman–Crippen MR) is 128 cm³/mol. The van der Waals surface area contributed by atoms with Gasteiger partial charge in [0.25, 0.3) is 5.91 Å². The number of halogens is 4. The van der Waals surface area contributed by atoms with Crippen LogP contribution in [-0.2, 0) is 22.8 Å². The molecule has 0 radical (unpaired) electrons. The Morgan fingerprint density at radius 1 is 0.973 bits per heavy atom. The SMILES string of the molecule is COc1ccc(CN(CC(C)C)C(=O)c2cccc(C(F)(F)F)c2)cc1OS(=O)(=O)c1ccc(F)cc1. The molecule has 0 aliphatic heterocycles. The van der Waals surface area contributed by atoms with Crippen molar-refractivity contribution in [1.82, 2.24) is 4.90 Å². The van der Waals surface area contributed by atoms with Gasteiger partial charge < -0.3 is 13.8 Å². The van der Waals surface area contributed by atoms with Gasteiger partial charge in [0.1, 0.15) is 10.7 Å². The van der Waals surface area contributed by atoms with Gasteiger partial charge in [0, 0.05) is 18.7 Å². The van der Waals surface area contributed by atoms with E-state index in [9.17, 15) is 30.8 Å². The normalized spacial score (nSPS) is 11.9. The number of ether oxygens (including phenoxy) is 1. The van der Waals surface area contributed by atoms with Gasteiger partial charge in [-0.25, -0.2) is 4.39 Å². The van der Waals surface area contributed by atoms with E-state index in [4.69, 9.17) is 8.92 Å². The third-order valence-electron chi connectivity index (χ3n) is 5.21. The molecule has 0 aliphatic rings. The summed E-state index contributed by atoms with van der Waals surface area (Å²) >= 11 is 0. The molecule has 198 valence electrons. The van der Waals surface area contributed by atoms with Crippen molar-refractivity contribution in [3.8, 4) is 11.5 Å². The molecule has 0 spiro atoms. The van der Waals surface area contributed by atoms with Crippen LogP contribution >= 0.6 is 0 Å². The van der Waals surface area contributed by atoms with Crippen LogP contribution in [0.4, 0.5) is 17.6 Å². The number of hydrogen-bond donors (Lipinski definition) is 0. The van der Waals surface area contributed by atoms with Gasteiger partial charge in [-0.2, -0.15) is 21.6 Å². The number of methoxy groups -OCH3 is 1. The maximum atomic E-state index is 13.2. The number of hydrogen-bond acceptors (Lipinski definition) is 5. The Morgan fingerprint density at radius 2 is 1.65 bits per heavy atom. The van der Waals surface area contributed by atoms with E-state index in [1.54, 1.807) is 6.07 Å². The fourth-order valence-corrected chi connectivity index (χ4v) is 4.48. The highest BCUT2D eigenvalue weighted by Gasteiger charge is 2.31. The first-order chi connectivity index (χ1) is 17.3. The molecule has 6 nitrogen and oxygen atoms in total. The number of carbonyl (C=O) groups excluding carboxylic acids is 1. The van der Waals surface area contributed by atoms with E-state index in [2.05, 4.69) is 0 Å². The van der Waals surface area contributed by atoms with E-state index < -0.39 is 33.6 Å². The van der Waals surface area contributed by atoms with Crippen LogP contribution in [-0.4, -0.2) is 32.9 Å². The number of benzene rings is 3. The molecule has 0 atom stereocenters. The second kappa shape index (κ2) is 11.2. The molecular formula is C26H25F4NO5S. The average molecular weight is 540 g/mol. The number of rotatable bonds is 9. The van der Waals surface area contributed by atoms with Gasteiger partial charge in [-0.15, -0.1) is 0 Å².